The largest absolute Gasteiger partial charge is 0.478 e. The molecule has 0 radical (unpaired) electrons. The van der Waals surface area contributed by atoms with Crippen LogP contribution in [0.25, 0.3) is 72.0 Å². The van der Waals surface area contributed by atoms with Gasteiger partial charge < -0.3 is 14.6 Å². The van der Waals surface area contributed by atoms with Crippen molar-refractivity contribution in [2.24, 2.45) is 0 Å². The Morgan fingerprint density at radius 1 is 0.358 bits per heavy atom. The first kappa shape index (κ1) is 41.9. The molecule has 11 rings (SSSR count). The predicted octanol–water partition coefficient (Wildman–Crippen LogP) is 15.7. The van der Waals surface area contributed by atoms with Crippen LogP contribution in [0.4, 0.5) is 17.1 Å². The zero-order valence-electron chi connectivity index (χ0n) is 36.5. The lowest BCUT2D eigenvalue weighted by molar-refractivity contribution is 0.0697. The molecule has 10 aromatic carbocycles. The molecular formula is C62H44N2O3. The summed E-state index contributed by atoms with van der Waals surface area (Å²) in [4.78, 5) is 27.5. The second-order valence-corrected chi connectivity index (χ2v) is 16.2. The highest BCUT2D eigenvalue weighted by Crippen LogP contribution is 2.39. The Hall–Kier alpha value is -9.06. The second kappa shape index (κ2) is 19.0. The van der Waals surface area contributed by atoms with Crippen molar-refractivity contribution >= 4 is 44.8 Å². The number of carboxylic acid groups (broad SMARTS) is 1. The van der Waals surface area contributed by atoms with E-state index in [-0.39, 0.29) is 11.0 Å². The SMILES string of the molecule is O=C(O)c1ccccc1N(c1ccc(-c2ccccc2)cc1)c1ccc(-c2ccccc2)cc1.O=c1c2ccccc2n(-c2ccc(-c3ccccc3)cc2)c2ccc(-c3ccccc3)cc12. The summed E-state index contributed by atoms with van der Waals surface area (Å²) in [6.07, 6.45) is 0. The smallest absolute Gasteiger partial charge is 0.337 e. The van der Waals surface area contributed by atoms with Crippen LogP contribution in [0.2, 0.25) is 0 Å². The molecule has 67 heavy (non-hydrogen) atoms. The molecule has 0 atom stereocenters. The summed E-state index contributed by atoms with van der Waals surface area (Å²) in [7, 11) is 0. The Kier molecular flexibility index (Phi) is 11.9. The number of rotatable bonds is 9. The maximum absolute atomic E-state index is 13.5. The van der Waals surface area contributed by atoms with Gasteiger partial charge in [-0.1, -0.05) is 188 Å². The molecule has 0 fully saturated rings. The summed E-state index contributed by atoms with van der Waals surface area (Å²) in [6.45, 7) is 0. The minimum Gasteiger partial charge on any atom is -0.478 e. The van der Waals surface area contributed by atoms with Gasteiger partial charge in [-0.25, -0.2) is 4.79 Å². The van der Waals surface area contributed by atoms with Crippen molar-refractivity contribution in [3.05, 3.63) is 277 Å². The Balaban J connectivity index is 0.000000157. The van der Waals surface area contributed by atoms with E-state index < -0.39 is 5.97 Å². The van der Waals surface area contributed by atoms with Gasteiger partial charge in [-0.2, -0.15) is 0 Å². The quantitative estimate of drug-likeness (QED) is 0.147. The van der Waals surface area contributed by atoms with Gasteiger partial charge in [0.25, 0.3) is 0 Å². The highest BCUT2D eigenvalue weighted by molar-refractivity contribution is 5.99. The minimum absolute atomic E-state index is 0.0653. The topological polar surface area (TPSA) is 62.5 Å². The molecule has 0 saturated heterocycles. The number of aromatic nitrogens is 1. The molecule has 0 aliphatic heterocycles. The monoisotopic (exact) mass is 864 g/mol. The number of para-hydroxylation sites is 2. The molecule has 11 aromatic rings. The van der Waals surface area contributed by atoms with Crippen LogP contribution in [0.3, 0.4) is 0 Å². The molecule has 1 heterocycles. The third-order valence-corrected chi connectivity index (χ3v) is 12.1. The number of pyridine rings is 1. The van der Waals surface area contributed by atoms with Gasteiger partial charge in [0.15, 0.2) is 5.43 Å². The normalized spacial score (nSPS) is 10.9. The summed E-state index contributed by atoms with van der Waals surface area (Å²) in [5.74, 6) is -0.956. The Labute approximate surface area is 389 Å². The van der Waals surface area contributed by atoms with Gasteiger partial charge in [0.2, 0.25) is 0 Å². The lowest BCUT2D eigenvalue weighted by atomic mass is 10.0. The Morgan fingerprint density at radius 3 is 1.22 bits per heavy atom. The molecule has 0 bridgehead atoms. The van der Waals surface area contributed by atoms with E-state index in [1.54, 1.807) is 12.1 Å². The average Bonchev–Trinajstić information content (AvgIpc) is 3.41. The van der Waals surface area contributed by atoms with E-state index in [2.05, 4.69) is 126 Å². The van der Waals surface area contributed by atoms with E-state index in [1.165, 1.54) is 11.1 Å². The molecule has 0 aliphatic rings. The van der Waals surface area contributed by atoms with E-state index in [0.29, 0.717) is 5.69 Å². The van der Waals surface area contributed by atoms with Crippen LogP contribution in [0.15, 0.2) is 266 Å². The van der Waals surface area contributed by atoms with Crippen molar-refractivity contribution in [3.8, 4) is 50.2 Å². The molecule has 1 aromatic heterocycles. The van der Waals surface area contributed by atoms with E-state index in [1.807, 2.05) is 132 Å². The van der Waals surface area contributed by atoms with Crippen LogP contribution in [0.5, 0.6) is 0 Å². The summed E-state index contributed by atoms with van der Waals surface area (Å²) in [5, 5.41) is 11.3. The predicted molar refractivity (Wildman–Crippen MR) is 277 cm³/mol. The lowest BCUT2D eigenvalue weighted by Gasteiger charge is -2.27. The number of nitrogens with zero attached hydrogens (tertiary/aromatic N) is 2. The van der Waals surface area contributed by atoms with Crippen LogP contribution in [-0.2, 0) is 0 Å². The Bertz CT molecular complexity index is 3440. The van der Waals surface area contributed by atoms with E-state index in [4.69, 9.17) is 0 Å². The fourth-order valence-corrected chi connectivity index (χ4v) is 8.71. The number of carboxylic acids is 1. The fraction of sp³-hybridized carbons (Fsp3) is 0. The number of hydrogen-bond donors (Lipinski definition) is 1. The molecule has 0 saturated carbocycles. The lowest BCUT2D eigenvalue weighted by Crippen LogP contribution is -2.14. The molecule has 1 N–H and O–H groups in total. The molecule has 5 heteroatoms. The summed E-state index contributed by atoms with van der Waals surface area (Å²) in [6, 6.07) is 87.0. The molecule has 5 nitrogen and oxygen atoms in total. The molecule has 0 amide bonds. The molecule has 0 unspecified atom stereocenters. The third kappa shape index (κ3) is 8.78. The average molecular weight is 865 g/mol. The van der Waals surface area contributed by atoms with Crippen molar-refractivity contribution in [1.82, 2.24) is 4.57 Å². The number of aromatic carboxylic acids is 1. The van der Waals surface area contributed by atoms with Crippen molar-refractivity contribution in [2.45, 2.75) is 0 Å². The third-order valence-electron chi connectivity index (χ3n) is 12.1. The van der Waals surface area contributed by atoms with Gasteiger partial charge in [-0.05, 0) is 117 Å². The first-order chi connectivity index (χ1) is 33.0. The highest BCUT2D eigenvalue weighted by Gasteiger charge is 2.20. The second-order valence-electron chi connectivity index (χ2n) is 16.2. The summed E-state index contributed by atoms with van der Waals surface area (Å²) >= 11 is 0. The highest BCUT2D eigenvalue weighted by atomic mass is 16.4. The maximum Gasteiger partial charge on any atom is 0.337 e. The van der Waals surface area contributed by atoms with Crippen molar-refractivity contribution in [3.63, 3.8) is 0 Å². The number of benzene rings is 10. The minimum atomic E-state index is -0.956. The zero-order chi connectivity index (χ0) is 45.5. The fourth-order valence-electron chi connectivity index (χ4n) is 8.71. The van der Waals surface area contributed by atoms with Crippen LogP contribution >= 0.6 is 0 Å². The van der Waals surface area contributed by atoms with Gasteiger partial charge in [-0.3, -0.25) is 4.79 Å². The van der Waals surface area contributed by atoms with Gasteiger partial charge in [0.05, 0.1) is 22.3 Å². The summed E-state index contributed by atoms with van der Waals surface area (Å²) < 4.78 is 2.19. The number of carbonyl (C=O) groups is 1. The Morgan fingerprint density at radius 2 is 0.731 bits per heavy atom. The van der Waals surface area contributed by atoms with Crippen molar-refractivity contribution < 1.29 is 9.90 Å². The van der Waals surface area contributed by atoms with E-state index in [0.717, 1.165) is 72.2 Å². The first-order valence-corrected chi connectivity index (χ1v) is 22.2. The van der Waals surface area contributed by atoms with Crippen molar-refractivity contribution in [1.29, 1.82) is 0 Å². The zero-order valence-corrected chi connectivity index (χ0v) is 36.5. The maximum atomic E-state index is 13.5. The number of fused-ring (bicyclic) bond motifs is 2. The van der Waals surface area contributed by atoms with E-state index in [9.17, 15) is 14.7 Å². The molecular weight excluding hydrogens is 821 g/mol. The molecule has 320 valence electrons. The van der Waals surface area contributed by atoms with Gasteiger partial charge >= 0.3 is 5.97 Å². The standard InChI is InChI=1S/C31H23NO2.C31H21NO/c33-31(34)29-13-7-8-14-30(29)32(27-19-15-25(16-20-27)23-9-3-1-4-10-23)28-21-17-26(18-22-28)24-11-5-2-6-12-24;33-31-27-13-7-8-14-29(27)32(26-18-15-24(16-19-26)22-9-3-1-4-10-22)30-20-17-25(21-28(30)31)23-11-5-2-6-12-23/h1-22H,(H,33,34);1-21H. The van der Waals surface area contributed by atoms with Crippen LogP contribution < -0.4 is 10.3 Å². The van der Waals surface area contributed by atoms with Crippen LogP contribution in [-0.4, -0.2) is 15.6 Å². The van der Waals surface area contributed by atoms with Crippen molar-refractivity contribution in [2.75, 3.05) is 4.90 Å². The molecule has 0 spiro atoms. The first-order valence-electron chi connectivity index (χ1n) is 22.2. The summed E-state index contributed by atoms with van der Waals surface area (Å²) in [5.41, 5.74) is 14.6. The molecule has 0 aliphatic carbocycles. The van der Waals surface area contributed by atoms with Crippen LogP contribution in [0.1, 0.15) is 10.4 Å². The van der Waals surface area contributed by atoms with E-state index >= 15 is 0 Å². The van der Waals surface area contributed by atoms with Gasteiger partial charge in [0, 0.05) is 27.8 Å². The number of hydrogen-bond acceptors (Lipinski definition) is 3. The van der Waals surface area contributed by atoms with Gasteiger partial charge in [0.1, 0.15) is 0 Å². The van der Waals surface area contributed by atoms with Crippen LogP contribution in [0, 0.1) is 0 Å². The number of anilines is 3. The van der Waals surface area contributed by atoms with Gasteiger partial charge in [-0.15, -0.1) is 0 Å².